The molecule has 0 spiro atoms. The Balaban J connectivity index is 1.18. The van der Waals surface area contributed by atoms with E-state index in [4.69, 9.17) is 0 Å². The molecule has 1 fully saturated rings. The van der Waals surface area contributed by atoms with Crippen LogP contribution < -0.4 is 4.90 Å². The Morgan fingerprint density at radius 2 is 1.63 bits per heavy atom. The van der Waals surface area contributed by atoms with Gasteiger partial charge in [-0.15, -0.1) is 21.5 Å². The highest BCUT2D eigenvalue weighted by Crippen LogP contribution is 2.20. The molecule has 0 radical (unpaired) electrons. The number of aryl methyl sites for hydroxylation is 1. The second-order valence-electron chi connectivity index (χ2n) is 9.45. The quantitative estimate of drug-likeness (QED) is 0.338. The summed E-state index contributed by atoms with van der Waals surface area (Å²) < 4.78 is 0. The van der Waals surface area contributed by atoms with Crippen molar-refractivity contribution < 1.29 is 9.59 Å². The molecule has 3 heterocycles. The van der Waals surface area contributed by atoms with Crippen LogP contribution in [0.3, 0.4) is 0 Å². The molecule has 0 bridgehead atoms. The molecule has 7 nitrogen and oxygen atoms in total. The van der Waals surface area contributed by atoms with Gasteiger partial charge in [0.05, 0.1) is 10.6 Å². The van der Waals surface area contributed by atoms with Crippen LogP contribution in [0.5, 0.6) is 0 Å². The van der Waals surface area contributed by atoms with Crippen LogP contribution in [0.4, 0.5) is 5.82 Å². The van der Waals surface area contributed by atoms with E-state index in [1.165, 1.54) is 16.9 Å². The number of hydrogen-bond donors (Lipinski definition) is 0. The Morgan fingerprint density at radius 3 is 2.29 bits per heavy atom. The van der Waals surface area contributed by atoms with Gasteiger partial charge < -0.3 is 14.7 Å². The van der Waals surface area contributed by atoms with Gasteiger partial charge in [-0.1, -0.05) is 66.2 Å². The minimum atomic E-state index is -0.0909. The number of piperazine rings is 1. The molecule has 1 saturated heterocycles. The lowest BCUT2D eigenvalue weighted by Crippen LogP contribution is -2.52. The summed E-state index contributed by atoms with van der Waals surface area (Å²) in [6.45, 7) is 5.15. The summed E-state index contributed by atoms with van der Waals surface area (Å²) in [5, 5.41) is 10.8. The van der Waals surface area contributed by atoms with E-state index in [0.29, 0.717) is 44.0 Å². The molecule has 0 N–H and O–H groups in total. The Hall–Kier alpha value is -4.04. The van der Waals surface area contributed by atoms with Gasteiger partial charge in [-0.05, 0) is 42.5 Å². The molecule has 1 aliphatic heterocycles. The number of benzene rings is 2. The van der Waals surface area contributed by atoms with Crippen molar-refractivity contribution in [3.8, 4) is 11.3 Å². The molecule has 0 atom stereocenters. The number of thiophene rings is 1. The van der Waals surface area contributed by atoms with Gasteiger partial charge in [0.2, 0.25) is 5.91 Å². The van der Waals surface area contributed by atoms with Crippen LogP contribution in [0, 0.1) is 6.92 Å². The number of nitrogens with zero attached hydrogens (tertiary/aromatic N) is 5. The van der Waals surface area contributed by atoms with E-state index in [2.05, 4.69) is 46.3 Å². The summed E-state index contributed by atoms with van der Waals surface area (Å²) in [6, 6.07) is 26.0. The maximum Gasteiger partial charge on any atom is 0.264 e. The van der Waals surface area contributed by atoms with Crippen molar-refractivity contribution in [1.29, 1.82) is 0 Å². The Kier molecular flexibility index (Phi) is 8.09. The molecular formula is C30H31N5O2S. The Morgan fingerprint density at radius 1 is 0.868 bits per heavy atom. The van der Waals surface area contributed by atoms with Crippen LogP contribution >= 0.6 is 11.3 Å². The van der Waals surface area contributed by atoms with Gasteiger partial charge in [0.15, 0.2) is 5.82 Å². The zero-order chi connectivity index (χ0) is 26.3. The standard InChI is InChI=1S/C30H31N5O2S/c1-23-9-11-25(12-10-23)26-13-14-28(32-31-26)33-17-19-34(20-18-33)29(36)22-35(30(37)27-8-5-21-38-27)16-15-24-6-3-2-4-7-24/h2-14,21H,15-20,22H2,1H3. The molecule has 5 rings (SSSR count). The monoisotopic (exact) mass is 525 g/mol. The minimum absolute atomic E-state index is 0.0246. The lowest BCUT2D eigenvalue weighted by Gasteiger charge is -2.36. The lowest BCUT2D eigenvalue weighted by molar-refractivity contribution is -0.132. The first-order chi connectivity index (χ1) is 18.6. The Labute approximate surface area is 227 Å². The van der Waals surface area contributed by atoms with Crippen molar-refractivity contribution in [1.82, 2.24) is 20.0 Å². The zero-order valence-electron chi connectivity index (χ0n) is 21.5. The molecule has 4 aromatic rings. The van der Waals surface area contributed by atoms with Crippen LogP contribution in [0.1, 0.15) is 20.8 Å². The molecule has 2 aromatic heterocycles. The summed E-state index contributed by atoms with van der Waals surface area (Å²) >= 11 is 1.41. The average molecular weight is 526 g/mol. The highest BCUT2D eigenvalue weighted by atomic mass is 32.1. The van der Waals surface area contributed by atoms with Gasteiger partial charge >= 0.3 is 0 Å². The average Bonchev–Trinajstić information content (AvgIpc) is 3.51. The topological polar surface area (TPSA) is 69.6 Å². The fourth-order valence-electron chi connectivity index (χ4n) is 4.54. The molecule has 38 heavy (non-hydrogen) atoms. The van der Waals surface area contributed by atoms with Crippen molar-refractivity contribution in [3.63, 3.8) is 0 Å². The van der Waals surface area contributed by atoms with Gasteiger partial charge in [-0.3, -0.25) is 9.59 Å². The summed E-state index contributed by atoms with van der Waals surface area (Å²) in [7, 11) is 0. The largest absolute Gasteiger partial charge is 0.352 e. The number of amides is 2. The molecule has 0 saturated carbocycles. The van der Waals surface area contributed by atoms with Crippen LogP contribution in [-0.2, 0) is 11.2 Å². The zero-order valence-corrected chi connectivity index (χ0v) is 22.3. The summed E-state index contributed by atoms with van der Waals surface area (Å²) in [6.07, 6.45) is 0.705. The smallest absolute Gasteiger partial charge is 0.264 e. The van der Waals surface area contributed by atoms with Crippen LogP contribution in [0.25, 0.3) is 11.3 Å². The van der Waals surface area contributed by atoms with Crippen LogP contribution in [0.15, 0.2) is 84.2 Å². The third-order valence-electron chi connectivity index (χ3n) is 6.81. The van der Waals surface area contributed by atoms with Gasteiger partial charge in [0.25, 0.3) is 5.91 Å². The molecule has 2 aromatic carbocycles. The molecule has 0 unspecified atom stereocenters. The first-order valence-electron chi connectivity index (χ1n) is 12.9. The van der Waals surface area contributed by atoms with E-state index < -0.39 is 0 Å². The molecule has 1 aliphatic rings. The minimum Gasteiger partial charge on any atom is -0.352 e. The Bertz CT molecular complexity index is 1330. The van der Waals surface area contributed by atoms with E-state index in [9.17, 15) is 9.59 Å². The van der Waals surface area contributed by atoms with E-state index in [0.717, 1.165) is 22.6 Å². The van der Waals surface area contributed by atoms with Gasteiger partial charge in [0, 0.05) is 38.3 Å². The SMILES string of the molecule is Cc1ccc(-c2ccc(N3CCN(C(=O)CN(CCc4ccccc4)C(=O)c4cccs4)CC3)nn2)cc1. The second-order valence-corrected chi connectivity index (χ2v) is 10.4. The van der Waals surface area contributed by atoms with Gasteiger partial charge in [-0.25, -0.2) is 0 Å². The summed E-state index contributed by atoms with van der Waals surface area (Å²) in [5.74, 6) is 0.695. The van der Waals surface area contributed by atoms with Gasteiger partial charge in [-0.2, -0.15) is 0 Å². The van der Waals surface area contributed by atoms with Crippen molar-refractivity contribution >= 4 is 29.0 Å². The van der Waals surface area contributed by atoms with Crippen molar-refractivity contribution in [3.05, 3.63) is 100 Å². The van der Waals surface area contributed by atoms with Crippen molar-refractivity contribution in [2.75, 3.05) is 44.2 Å². The molecule has 194 valence electrons. The van der Waals surface area contributed by atoms with E-state index in [1.54, 1.807) is 4.90 Å². The fraction of sp³-hybridized carbons (Fsp3) is 0.267. The first-order valence-corrected chi connectivity index (χ1v) is 13.7. The van der Waals surface area contributed by atoms with Crippen molar-refractivity contribution in [2.45, 2.75) is 13.3 Å². The highest BCUT2D eigenvalue weighted by molar-refractivity contribution is 7.12. The maximum atomic E-state index is 13.3. The molecular weight excluding hydrogens is 494 g/mol. The highest BCUT2D eigenvalue weighted by Gasteiger charge is 2.26. The predicted molar refractivity (Wildman–Crippen MR) is 151 cm³/mol. The van der Waals surface area contributed by atoms with Gasteiger partial charge in [0.1, 0.15) is 6.54 Å². The third-order valence-corrected chi connectivity index (χ3v) is 7.67. The number of hydrogen-bond acceptors (Lipinski definition) is 6. The summed E-state index contributed by atoms with van der Waals surface area (Å²) in [4.78, 5) is 32.8. The normalized spacial score (nSPS) is 13.4. The second kappa shape index (κ2) is 12.0. The van der Waals surface area contributed by atoms with Crippen molar-refractivity contribution in [2.24, 2.45) is 0 Å². The van der Waals surface area contributed by atoms with E-state index in [1.807, 2.05) is 64.9 Å². The third kappa shape index (κ3) is 6.26. The fourth-order valence-corrected chi connectivity index (χ4v) is 5.23. The number of carbonyl (C=O) groups is 2. The lowest BCUT2D eigenvalue weighted by atomic mass is 10.1. The first kappa shape index (κ1) is 25.6. The number of rotatable bonds is 8. The predicted octanol–water partition coefficient (Wildman–Crippen LogP) is 4.55. The summed E-state index contributed by atoms with van der Waals surface area (Å²) in [5.41, 5.74) is 4.24. The number of anilines is 1. The number of aromatic nitrogens is 2. The molecule has 0 aliphatic carbocycles. The maximum absolute atomic E-state index is 13.3. The van der Waals surface area contributed by atoms with E-state index >= 15 is 0 Å². The van der Waals surface area contributed by atoms with Crippen LogP contribution in [-0.4, -0.2) is 71.1 Å². The molecule has 2 amide bonds. The van der Waals surface area contributed by atoms with Crippen LogP contribution in [0.2, 0.25) is 0 Å². The number of carbonyl (C=O) groups excluding carboxylic acids is 2. The van der Waals surface area contributed by atoms with E-state index in [-0.39, 0.29) is 18.4 Å². The molecule has 8 heteroatoms.